The quantitative estimate of drug-likeness (QED) is 0.577. The fourth-order valence-electron chi connectivity index (χ4n) is 3.61. The Morgan fingerprint density at radius 2 is 1.87 bits per heavy atom. The van der Waals surface area contributed by atoms with Crippen LogP contribution in [-0.4, -0.2) is 34.2 Å². The van der Waals surface area contributed by atoms with Crippen LogP contribution in [0.5, 0.6) is 11.5 Å². The SMILES string of the molecule is COc1ccccc1OCc1ccc(C(=O)N2CCCc3cc(S(C)(=O)=O)ccc32)o1. The van der Waals surface area contributed by atoms with Gasteiger partial charge in [-0.3, -0.25) is 4.79 Å². The number of anilines is 1. The number of fused-ring (bicyclic) bond motifs is 1. The first-order valence-corrected chi connectivity index (χ1v) is 11.8. The van der Waals surface area contributed by atoms with Crippen molar-refractivity contribution >= 4 is 21.4 Å². The van der Waals surface area contributed by atoms with Gasteiger partial charge in [0.05, 0.1) is 12.0 Å². The summed E-state index contributed by atoms with van der Waals surface area (Å²) in [5.74, 6) is 1.65. The van der Waals surface area contributed by atoms with Gasteiger partial charge in [-0.15, -0.1) is 0 Å². The highest BCUT2D eigenvalue weighted by atomic mass is 32.2. The second-order valence-electron chi connectivity index (χ2n) is 7.33. The number of aryl methyl sites for hydroxylation is 1. The molecule has 0 N–H and O–H groups in total. The molecular formula is C23H23NO6S. The van der Waals surface area contributed by atoms with Gasteiger partial charge in [-0.05, 0) is 60.9 Å². The summed E-state index contributed by atoms with van der Waals surface area (Å²) in [6.45, 7) is 0.694. The fourth-order valence-corrected chi connectivity index (χ4v) is 4.28. The second kappa shape index (κ2) is 8.47. The van der Waals surface area contributed by atoms with E-state index < -0.39 is 9.84 Å². The molecule has 0 bridgehead atoms. The highest BCUT2D eigenvalue weighted by molar-refractivity contribution is 7.90. The monoisotopic (exact) mass is 441 g/mol. The molecule has 7 nitrogen and oxygen atoms in total. The van der Waals surface area contributed by atoms with Crippen molar-refractivity contribution in [1.29, 1.82) is 0 Å². The molecule has 1 amide bonds. The number of rotatable bonds is 6. The molecule has 0 atom stereocenters. The molecule has 162 valence electrons. The van der Waals surface area contributed by atoms with Gasteiger partial charge in [-0.1, -0.05) is 12.1 Å². The lowest BCUT2D eigenvalue weighted by atomic mass is 10.0. The van der Waals surface area contributed by atoms with Crippen LogP contribution in [0.1, 0.15) is 28.3 Å². The van der Waals surface area contributed by atoms with Gasteiger partial charge in [0.1, 0.15) is 12.4 Å². The van der Waals surface area contributed by atoms with Gasteiger partial charge in [0.25, 0.3) is 5.91 Å². The van der Waals surface area contributed by atoms with E-state index in [4.69, 9.17) is 13.9 Å². The molecule has 0 aliphatic carbocycles. The third-order valence-electron chi connectivity index (χ3n) is 5.15. The highest BCUT2D eigenvalue weighted by Crippen LogP contribution is 2.31. The molecule has 2 aromatic carbocycles. The van der Waals surface area contributed by atoms with Gasteiger partial charge >= 0.3 is 0 Å². The molecule has 2 heterocycles. The summed E-state index contributed by atoms with van der Waals surface area (Å²) in [5.41, 5.74) is 1.56. The number of benzene rings is 2. The molecule has 3 aromatic rings. The van der Waals surface area contributed by atoms with Crippen molar-refractivity contribution < 1.29 is 27.1 Å². The van der Waals surface area contributed by atoms with E-state index in [0.29, 0.717) is 29.5 Å². The lowest BCUT2D eigenvalue weighted by Gasteiger charge is -2.29. The normalized spacial score (nSPS) is 13.5. The molecule has 31 heavy (non-hydrogen) atoms. The Morgan fingerprint density at radius 3 is 2.61 bits per heavy atom. The third kappa shape index (κ3) is 4.44. The van der Waals surface area contributed by atoms with Crippen molar-refractivity contribution in [3.8, 4) is 11.5 Å². The Morgan fingerprint density at radius 1 is 1.10 bits per heavy atom. The molecule has 0 radical (unpaired) electrons. The molecular weight excluding hydrogens is 418 g/mol. The third-order valence-corrected chi connectivity index (χ3v) is 6.26. The number of furan rings is 1. The van der Waals surface area contributed by atoms with Gasteiger partial charge in [-0.2, -0.15) is 0 Å². The summed E-state index contributed by atoms with van der Waals surface area (Å²) >= 11 is 0. The van der Waals surface area contributed by atoms with E-state index in [1.165, 1.54) is 12.3 Å². The number of carbonyl (C=O) groups excluding carboxylic acids is 1. The van der Waals surface area contributed by atoms with E-state index in [1.54, 1.807) is 48.4 Å². The van der Waals surface area contributed by atoms with Crippen LogP contribution in [0.3, 0.4) is 0 Å². The smallest absolute Gasteiger partial charge is 0.293 e. The van der Waals surface area contributed by atoms with Crippen LogP contribution in [0.2, 0.25) is 0 Å². The summed E-state index contributed by atoms with van der Waals surface area (Å²) in [6.07, 6.45) is 2.65. The van der Waals surface area contributed by atoms with Crippen LogP contribution in [-0.2, 0) is 22.9 Å². The van der Waals surface area contributed by atoms with Crippen LogP contribution in [0, 0.1) is 0 Å². The molecule has 4 rings (SSSR count). The van der Waals surface area contributed by atoms with Gasteiger partial charge in [0.15, 0.2) is 27.1 Å². The van der Waals surface area contributed by atoms with E-state index in [1.807, 2.05) is 12.1 Å². The number of amides is 1. The molecule has 0 saturated heterocycles. The number of nitrogens with zero attached hydrogens (tertiary/aromatic N) is 1. The highest BCUT2D eigenvalue weighted by Gasteiger charge is 2.26. The van der Waals surface area contributed by atoms with Crippen LogP contribution in [0.4, 0.5) is 5.69 Å². The Kier molecular flexibility index (Phi) is 5.73. The van der Waals surface area contributed by atoms with E-state index >= 15 is 0 Å². The molecule has 1 aliphatic heterocycles. The van der Waals surface area contributed by atoms with Crippen LogP contribution in [0.15, 0.2) is 63.9 Å². The summed E-state index contributed by atoms with van der Waals surface area (Å²) in [7, 11) is -1.73. The van der Waals surface area contributed by atoms with E-state index in [2.05, 4.69) is 0 Å². The molecule has 8 heteroatoms. The van der Waals surface area contributed by atoms with Crippen molar-refractivity contribution in [3.05, 3.63) is 71.7 Å². The zero-order chi connectivity index (χ0) is 22.0. The van der Waals surface area contributed by atoms with Crippen LogP contribution in [0.25, 0.3) is 0 Å². The van der Waals surface area contributed by atoms with Crippen molar-refractivity contribution in [3.63, 3.8) is 0 Å². The maximum atomic E-state index is 13.1. The molecule has 1 aliphatic rings. The second-order valence-corrected chi connectivity index (χ2v) is 9.34. The first-order valence-electron chi connectivity index (χ1n) is 9.86. The minimum Gasteiger partial charge on any atom is -0.493 e. The van der Waals surface area contributed by atoms with E-state index in [-0.39, 0.29) is 23.2 Å². The predicted octanol–water partition coefficient (Wildman–Crippen LogP) is 3.86. The Hall–Kier alpha value is -3.26. The lowest BCUT2D eigenvalue weighted by molar-refractivity contribution is 0.0954. The molecule has 0 spiro atoms. The Labute approximate surface area is 181 Å². The first-order chi connectivity index (χ1) is 14.9. The minimum atomic E-state index is -3.30. The zero-order valence-corrected chi connectivity index (χ0v) is 18.1. The van der Waals surface area contributed by atoms with Gasteiger partial charge in [-0.25, -0.2) is 8.42 Å². The maximum absolute atomic E-state index is 13.1. The topological polar surface area (TPSA) is 86.0 Å². The van der Waals surface area contributed by atoms with Gasteiger partial charge in [0, 0.05) is 18.5 Å². The molecule has 1 aromatic heterocycles. The van der Waals surface area contributed by atoms with Crippen molar-refractivity contribution in [2.24, 2.45) is 0 Å². The van der Waals surface area contributed by atoms with Crippen molar-refractivity contribution in [2.45, 2.75) is 24.3 Å². The summed E-state index contributed by atoms with van der Waals surface area (Å²) < 4.78 is 40.4. The molecule has 0 unspecified atom stereocenters. The van der Waals surface area contributed by atoms with Crippen LogP contribution >= 0.6 is 0 Å². The zero-order valence-electron chi connectivity index (χ0n) is 17.3. The average Bonchev–Trinajstić information content (AvgIpc) is 3.25. The van der Waals surface area contributed by atoms with Crippen molar-refractivity contribution in [1.82, 2.24) is 0 Å². The minimum absolute atomic E-state index is 0.155. The largest absolute Gasteiger partial charge is 0.493 e. The predicted molar refractivity (Wildman–Crippen MR) is 116 cm³/mol. The lowest BCUT2D eigenvalue weighted by Crippen LogP contribution is -2.35. The number of para-hydroxylation sites is 2. The number of methoxy groups -OCH3 is 1. The van der Waals surface area contributed by atoms with Crippen LogP contribution < -0.4 is 14.4 Å². The first kappa shape index (κ1) is 21.0. The number of carbonyl (C=O) groups is 1. The van der Waals surface area contributed by atoms with E-state index in [9.17, 15) is 13.2 Å². The molecule has 0 saturated carbocycles. The summed E-state index contributed by atoms with van der Waals surface area (Å²) in [5, 5.41) is 0. The molecule has 0 fully saturated rings. The standard InChI is InChI=1S/C23H23NO6S/c1-28-20-7-3-4-8-21(20)29-15-17-9-12-22(30-17)23(25)24-13-5-6-16-14-18(31(2,26)27)10-11-19(16)24/h3-4,7-12,14H,5-6,13,15H2,1-2H3. The summed E-state index contributed by atoms with van der Waals surface area (Å²) in [4.78, 5) is 15.0. The number of hydrogen-bond acceptors (Lipinski definition) is 6. The summed E-state index contributed by atoms with van der Waals surface area (Å²) in [6, 6.07) is 15.5. The maximum Gasteiger partial charge on any atom is 0.293 e. The average molecular weight is 442 g/mol. The van der Waals surface area contributed by atoms with Crippen molar-refractivity contribution in [2.75, 3.05) is 24.8 Å². The van der Waals surface area contributed by atoms with Gasteiger partial charge in [0.2, 0.25) is 0 Å². The van der Waals surface area contributed by atoms with Gasteiger partial charge < -0.3 is 18.8 Å². The Balaban J connectivity index is 1.51. The Bertz CT molecular complexity index is 1210. The fraction of sp³-hybridized carbons (Fsp3) is 0.261. The number of sulfone groups is 1. The van der Waals surface area contributed by atoms with E-state index in [0.717, 1.165) is 18.4 Å². The number of hydrogen-bond donors (Lipinski definition) is 0. The number of ether oxygens (including phenoxy) is 2.